The molecule has 0 aliphatic carbocycles. The fourth-order valence-electron chi connectivity index (χ4n) is 3.01. The van der Waals surface area contributed by atoms with Crippen molar-refractivity contribution in [2.24, 2.45) is 5.92 Å². The summed E-state index contributed by atoms with van der Waals surface area (Å²) < 4.78 is 21.9. The molecule has 0 heterocycles. The molecule has 196 valence electrons. The minimum absolute atomic E-state index is 0.0440. The topological polar surface area (TPSA) is 83.1 Å². The van der Waals surface area contributed by atoms with Gasteiger partial charge in [-0.2, -0.15) is 0 Å². The van der Waals surface area contributed by atoms with Crippen LogP contribution in [0.1, 0.15) is 91.9 Å². The summed E-state index contributed by atoms with van der Waals surface area (Å²) in [6.07, 6.45) is 10.7. The Bertz CT molecular complexity index is 456. The lowest BCUT2D eigenvalue weighted by Crippen LogP contribution is -2.27. The van der Waals surface area contributed by atoms with Crippen LogP contribution in [-0.4, -0.2) is 70.6 Å². The number of hydrogen-bond acceptors (Lipinski definition) is 6. The third kappa shape index (κ3) is 25.4. The maximum atomic E-state index is 11.8. The van der Waals surface area contributed by atoms with E-state index in [1.165, 1.54) is 19.3 Å². The zero-order chi connectivity index (χ0) is 24.6. The second-order valence-electron chi connectivity index (χ2n) is 9.10. The van der Waals surface area contributed by atoms with Gasteiger partial charge in [0.15, 0.2) is 5.78 Å². The van der Waals surface area contributed by atoms with Crippen LogP contribution in [0.3, 0.4) is 0 Å². The van der Waals surface area contributed by atoms with E-state index in [4.69, 9.17) is 18.9 Å². The lowest BCUT2D eigenvalue weighted by atomic mass is 10.1. The van der Waals surface area contributed by atoms with Crippen LogP contribution < -0.4 is 5.32 Å². The van der Waals surface area contributed by atoms with Crippen molar-refractivity contribution >= 4 is 11.7 Å². The van der Waals surface area contributed by atoms with Crippen LogP contribution in [0.15, 0.2) is 0 Å². The Hall–Kier alpha value is -1.02. The molecule has 0 bridgehead atoms. The van der Waals surface area contributed by atoms with Crippen LogP contribution in [0, 0.1) is 5.92 Å². The Balaban J connectivity index is 3.20. The first-order chi connectivity index (χ1) is 15.9. The Labute approximate surface area is 202 Å². The van der Waals surface area contributed by atoms with E-state index in [0.717, 1.165) is 45.1 Å². The molecule has 0 aliphatic rings. The first-order valence-electron chi connectivity index (χ1n) is 13.1. The van der Waals surface area contributed by atoms with Gasteiger partial charge in [0.1, 0.15) is 6.61 Å². The van der Waals surface area contributed by atoms with Crippen molar-refractivity contribution in [1.29, 1.82) is 0 Å². The van der Waals surface area contributed by atoms with Crippen molar-refractivity contribution < 1.29 is 28.5 Å². The third-order valence-corrected chi connectivity index (χ3v) is 5.16. The lowest BCUT2D eigenvalue weighted by molar-refractivity contribution is -0.126. The molecule has 7 heteroatoms. The molecule has 1 amide bonds. The number of unbranched alkanes of at least 4 members (excludes halogenated alkanes) is 7. The molecular formula is C26H51NO6. The van der Waals surface area contributed by atoms with E-state index in [0.29, 0.717) is 52.1 Å². The molecule has 0 aromatic heterocycles. The van der Waals surface area contributed by atoms with Gasteiger partial charge in [-0.25, -0.2) is 0 Å². The molecule has 0 saturated heterocycles. The zero-order valence-electron chi connectivity index (χ0n) is 21.8. The second-order valence-corrected chi connectivity index (χ2v) is 9.10. The van der Waals surface area contributed by atoms with E-state index in [1.807, 2.05) is 13.8 Å². The maximum absolute atomic E-state index is 11.8. The largest absolute Gasteiger partial charge is 0.379 e. The minimum Gasteiger partial charge on any atom is -0.379 e. The number of carbonyl (C=O) groups excluding carboxylic acids is 2. The Morgan fingerprint density at radius 1 is 0.636 bits per heavy atom. The van der Waals surface area contributed by atoms with Crippen LogP contribution in [0.2, 0.25) is 0 Å². The van der Waals surface area contributed by atoms with Gasteiger partial charge in [-0.05, 0) is 46.0 Å². The van der Waals surface area contributed by atoms with Crippen molar-refractivity contribution in [3.05, 3.63) is 0 Å². The number of ether oxygens (including phenoxy) is 4. The van der Waals surface area contributed by atoms with Gasteiger partial charge in [-0.15, -0.1) is 0 Å². The van der Waals surface area contributed by atoms with Crippen LogP contribution in [-0.2, 0) is 28.5 Å². The van der Waals surface area contributed by atoms with Crippen LogP contribution in [0.4, 0.5) is 0 Å². The van der Waals surface area contributed by atoms with E-state index in [1.54, 1.807) is 0 Å². The summed E-state index contributed by atoms with van der Waals surface area (Å²) in [4.78, 5) is 23.2. The fraction of sp³-hybridized carbons (Fsp3) is 0.923. The first kappa shape index (κ1) is 32.0. The SMILES string of the molecule is CC(C)OCCCCCCCCC(=O)NCCOCCOCCCCCOCC(=O)C(C)C. The highest BCUT2D eigenvalue weighted by Crippen LogP contribution is 2.07. The molecule has 0 rings (SSSR count). The van der Waals surface area contributed by atoms with E-state index in [-0.39, 0.29) is 24.2 Å². The van der Waals surface area contributed by atoms with Crippen molar-refractivity contribution in [3.8, 4) is 0 Å². The monoisotopic (exact) mass is 473 g/mol. The summed E-state index contributed by atoms with van der Waals surface area (Å²) in [7, 11) is 0. The normalized spacial score (nSPS) is 11.5. The smallest absolute Gasteiger partial charge is 0.220 e. The number of Topliss-reactive ketones (excluding diaryl/α,β-unsaturated/α-hetero) is 1. The predicted molar refractivity (Wildman–Crippen MR) is 133 cm³/mol. The average Bonchev–Trinajstić information content (AvgIpc) is 2.77. The molecule has 0 aromatic carbocycles. The quantitative estimate of drug-likeness (QED) is 0.194. The summed E-state index contributed by atoms with van der Waals surface area (Å²) in [6.45, 7) is 12.5. The number of hydrogen-bond donors (Lipinski definition) is 1. The third-order valence-electron chi connectivity index (χ3n) is 5.16. The minimum atomic E-state index is 0.0440. The molecule has 0 unspecified atom stereocenters. The number of rotatable bonds is 25. The molecule has 0 aromatic rings. The van der Waals surface area contributed by atoms with E-state index >= 15 is 0 Å². The second kappa shape index (κ2) is 24.1. The van der Waals surface area contributed by atoms with E-state index < -0.39 is 0 Å². The van der Waals surface area contributed by atoms with Gasteiger partial charge in [0, 0.05) is 38.7 Å². The van der Waals surface area contributed by atoms with E-state index in [9.17, 15) is 9.59 Å². The molecular weight excluding hydrogens is 422 g/mol. The van der Waals surface area contributed by atoms with Crippen molar-refractivity contribution in [2.45, 2.75) is 98.0 Å². The number of carbonyl (C=O) groups is 2. The molecule has 0 atom stereocenters. The first-order valence-corrected chi connectivity index (χ1v) is 13.1. The van der Waals surface area contributed by atoms with Gasteiger partial charge in [0.2, 0.25) is 5.91 Å². The number of nitrogens with one attached hydrogen (secondary N) is 1. The molecule has 0 spiro atoms. The number of amides is 1. The van der Waals surface area contributed by atoms with Crippen molar-refractivity contribution in [3.63, 3.8) is 0 Å². The standard InChI is InChI=1S/C26H51NO6/c1-23(2)25(28)22-32-17-12-9-11-16-30-20-21-31-19-15-27-26(29)14-10-7-5-6-8-13-18-33-24(3)4/h23-24H,5-22H2,1-4H3,(H,27,29). The predicted octanol–water partition coefficient (Wildman–Crippen LogP) is 4.70. The summed E-state index contributed by atoms with van der Waals surface area (Å²) in [5.41, 5.74) is 0. The molecule has 1 N–H and O–H groups in total. The highest BCUT2D eigenvalue weighted by molar-refractivity contribution is 5.81. The maximum Gasteiger partial charge on any atom is 0.220 e. The Morgan fingerprint density at radius 3 is 1.85 bits per heavy atom. The van der Waals surface area contributed by atoms with Gasteiger partial charge < -0.3 is 24.3 Å². The van der Waals surface area contributed by atoms with Crippen LogP contribution in [0.5, 0.6) is 0 Å². The summed E-state index contributed by atoms with van der Waals surface area (Å²) in [5, 5.41) is 2.91. The Kier molecular flexibility index (Phi) is 23.4. The van der Waals surface area contributed by atoms with Crippen LogP contribution >= 0.6 is 0 Å². The van der Waals surface area contributed by atoms with Crippen molar-refractivity contribution in [2.75, 3.05) is 52.8 Å². The summed E-state index contributed by atoms with van der Waals surface area (Å²) >= 11 is 0. The number of ketones is 1. The molecule has 0 radical (unpaired) electrons. The van der Waals surface area contributed by atoms with Crippen LogP contribution in [0.25, 0.3) is 0 Å². The van der Waals surface area contributed by atoms with Gasteiger partial charge in [-0.1, -0.05) is 39.5 Å². The van der Waals surface area contributed by atoms with Gasteiger partial charge in [0.25, 0.3) is 0 Å². The zero-order valence-corrected chi connectivity index (χ0v) is 21.8. The van der Waals surface area contributed by atoms with Gasteiger partial charge >= 0.3 is 0 Å². The summed E-state index contributed by atoms with van der Waals surface area (Å²) in [5.74, 6) is 0.309. The van der Waals surface area contributed by atoms with Gasteiger partial charge in [-0.3, -0.25) is 9.59 Å². The summed E-state index contributed by atoms with van der Waals surface area (Å²) in [6, 6.07) is 0. The van der Waals surface area contributed by atoms with Crippen molar-refractivity contribution in [1.82, 2.24) is 5.32 Å². The highest BCUT2D eigenvalue weighted by atomic mass is 16.5. The molecule has 33 heavy (non-hydrogen) atoms. The lowest BCUT2D eigenvalue weighted by Gasteiger charge is -2.08. The fourth-order valence-corrected chi connectivity index (χ4v) is 3.01. The van der Waals surface area contributed by atoms with Gasteiger partial charge in [0.05, 0.1) is 25.9 Å². The molecule has 0 aliphatic heterocycles. The highest BCUT2D eigenvalue weighted by Gasteiger charge is 2.06. The Morgan fingerprint density at radius 2 is 1.18 bits per heavy atom. The van der Waals surface area contributed by atoms with E-state index in [2.05, 4.69) is 19.2 Å². The molecule has 7 nitrogen and oxygen atoms in total. The molecule has 0 saturated carbocycles. The average molecular weight is 474 g/mol. The molecule has 0 fully saturated rings.